The number of carbonyl (C=O) groups excluding carboxylic acids is 1. The molecule has 2 heterocycles. The molecule has 0 atom stereocenters. The van der Waals surface area contributed by atoms with Gasteiger partial charge in [-0.15, -0.1) is 10.2 Å². The van der Waals surface area contributed by atoms with E-state index >= 15 is 0 Å². The van der Waals surface area contributed by atoms with Gasteiger partial charge in [0.05, 0.1) is 26.0 Å². The highest BCUT2D eigenvalue weighted by atomic mass is 16.5. The highest BCUT2D eigenvalue weighted by molar-refractivity contribution is 5.77. The van der Waals surface area contributed by atoms with Crippen molar-refractivity contribution in [1.82, 2.24) is 20.0 Å². The van der Waals surface area contributed by atoms with Crippen LogP contribution in [-0.4, -0.2) is 66.8 Å². The lowest BCUT2D eigenvalue weighted by molar-refractivity contribution is -0.130. The molecule has 0 aliphatic carbocycles. The highest BCUT2D eigenvalue weighted by Crippen LogP contribution is 2.18. The maximum absolute atomic E-state index is 11.9. The Labute approximate surface area is 128 Å². The summed E-state index contributed by atoms with van der Waals surface area (Å²) in [4.78, 5) is 15.3. The maximum atomic E-state index is 11.9. The number of nitrogens with zero attached hydrogens (tertiary/aromatic N) is 4. The molecule has 2 aromatic rings. The van der Waals surface area contributed by atoms with Crippen LogP contribution in [0.3, 0.4) is 0 Å². The van der Waals surface area contributed by atoms with E-state index in [0.717, 1.165) is 0 Å². The Morgan fingerprint density at radius 2 is 2.18 bits per heavy atom. The van der Waals surface area contributed by atoms with Gasteiger partial charge in [0.2, 0.25) is 11.8 Å². The number of carbonyl (C=O) groups is 1. The van der Waals surface area contributed by atoms with Crippen molar-refractivity contribution in [2.45, 2.75) is 6.54 Å². The smallest absolute Gasteiger partial charge is 0.283 e. The van der Waals surface area contributed by atoms with Gasteiger partial charge in [0.15, 0.2) is 5.76 Å². The standard InChI is InChI=1S/C14H20N4O4/c1-17(2)13(19)10-18(6-8-20-3)9-12-15-16-14(22-12)11-5-4-7-21-11/h4-5,7H,6,8-10H2,1-3H3. The van der Waals surface area contributed by atoms with E-state index in [-0.39, 0.29) is 12.5 Å². The zero-order valence-electron chi connectivity index (χ0n) is 13.0. The monoisotopic (exact) mass is 308 g/mol. The Hall–Kier alpha value is -2.19. The zero-order chi connectivity index (χ0) is 15.9. The van der Waals surface area contributed by atoms with Gasteiger partial charge in [-0.25, -0.2) is 0 Å². The first-order valence-electron chi connectivity index (χ1n) is 6.88. The van der Waals surface area contributed by atoms with Crippen LogP contribution >= 0.6 is 0 Å². The topological polar surface area (TPSA) is 84.8 Å². The van der Waals surface area contributed by atoms with Gasteiger partial charge in [0.25, 0.3) is 5.89 Å². The average Bonchev–Trinajstić information content (AvgIpc) is 3.15. The van der Waals surface area contributed by atoms with Gasteiger partial charge >= 0.3 is 0 Å². The molecule has 8 nitrogen and oxygen atoms in total. The van der Waals surface area contributed by atoms with Crippen LogP contribution < -0.4 is 0 Å². The Morgan fingerprint density at radius 1 is 1.36 bits per heavy atom. The Kier molecular flexibility index (Phi) is 5.68. The molecule has 0 saturated carbocycles. The van der Waals surface area contributed by atoms with Crippen LogP contribution in [0, 0.1) is 0 Å². The molecule has 22 heavy (non-hydrogen) atoms. The van der Waals surface area contributed by atoms with E-state index < -0.39 is 0 Å². The number of hydrogen-bond acceptors (Lipinski definition) is 7. The Bertz CT molecular complexity index is 579. The number of likely N-dealkylation sites (N-methyl/N-ethyl adjacent to an activating group) is 1. The van der Waals surface area contributed by atoms with E-state index in [9.17, 15) is 4.79 Å². The van der Waals surface area contributed by atoms with Crippen LogP contribution in [0.1, 0.15) is 5.89 Å². The van der Waals surface area contributed by atoms with E-state index in [1.807, 2.05) is 4.90 Å². The molecule has 0 fully saturated rings. The summed E-state index contributed by atoms with van der Waals surface area (Å²) in [6, 6.07) is 3.50. The number of hydrogen-bond donors (Lipinski definition) is 0. The SMILES string of the molecule is COCCN(CC(=O)N(C)C)Cc1nnc(-c2ccco2)o1. The molecule has 0 aliphatic heterocycles. The predicted molar refractivity (Wildman–Crippen MR) is 77.8 cm³/mol. The van der Waals surface area contributed by atoms with Crippen LogP contribution in [0.5, 0.6) is 0 Å². The van der Waals surface area contributed by atoms with Crippen molar-refractivity contribution in [3.63, 3.8) is 0 Å². The van der Waals surface area contributed by atoms with Crippen LogP contribution in [0.15, 0.2) is 27.2 Å². The van der Waals surface area contributed by atoms with E-state index in [0.29, 0.717) is 37.2 Å². The third kappa shape index (κ3) is 4.40. The lowest BCUT2D eigenvalue weighted by Crippen LogP contribution is -2.38. The third-order valence-electron chi connectivity index (χ3n) is 3.03. The van der Waals surface area contributed by atoms with Crippen molar-refractivity contribution in [3.8, 4) is 11.7 Å². The van der Waals surface area contributed by atoms with Gasteiger partial charge in [-0.05, 0) is 12.1 Å². The summed E-state index contributed by atoms with van der Waals surface area (Å²) in [5.74, 6) is 1.27. The minimum Gasteiger partial charge on any atom is -0.459 e. The summed E-state index contributed by atoms with van der Waals surface area (Å²) < 4.78 is 15.8. The fourth-order valence-corrected chi connectivity index (χ4v) is 1.78. The van der Waals surface area contributed by atoms with Crippen molar-refractivity contribution < 1.29 is 18.4 Å². The molecule has 120 valence electrons. The fraction of sp³-hybridized carbons (Fsp3) is 0.500. The lowest BCUT2D eigenvalue weighted by atomic mass is 10.4. The first kappa shape index (κ1) is 16.2. The lowest BCUT2D eigenvalue weighted by Gasteiger charge is -2.21. The largest absolute Gasteiger partial charge is 0.459 e. The molecular weight excluding hydrogens is 288 g/mol. The van der Waals surface area contributed by atoms with E-state index in [1.54, 1.807) is 44.5 Å². The van der Waals surface area contributed by atoms with Gasteiger partial charge < -0.3 is 18.5 Å². The maximum Gasteiger partial charge on any atom is 0.283 e. The molecule has 0 spiro atoms. The molecule has 1 amide bonds. The molecule has 2 aromatic heterocycles. The molecule has 0 N–H and O–H groups in total. The summed E-state index contributed by atoms with van der Waals surface area (Å²) in [6.45, 7) is 1.74. The molecule has 0 aromatic carbocycles. The summed E-state index contributed by atoms with van der Waals surface area (Å²) in [5.41, 5.74) is 0. The normalized spacial score (nSPS) is 11.1. The van der Waals surface area contributed by atoms with E-state index in [2.05, 4.69) is 10.2 Å². The van der Waals surface area contributed by atoms with E-state index in [1.165, 1.54) is 0 Å². The molecule has 0 unspecified atom stereocenters. The van der Waals surface area contributed by atoms with Gasteiger partial charge in [0.1, 0.15) is 0 Å². The minimum atomic E-state index is 0.00174. The molecule has 0 aliphatic rings. The molecule has 0 radical (unpaired) electrons. The fourth-order valence-electron chi connectivity index (χ4n) is 1.78. The van der Waals surface area contributed by atoms with Crippen molar-refractivity contribution in [2.75, 3.05) is 40.9 Å². The highest BCUT2D eigenvalue weighted by Gasteiger charge is 2.17. The van der Waals surface area contributed by atoms with Crippen LogP contribution in [-0.2, 0) is 16.1 Å². The van der Waals surface area contributed by atoms with Crippen molar-refractivity contribution in [3.05, 3.63) is 24.3 Å². The van der Waals surface area contributed by atoms with Crippen LogP contribution in [0.4, 0.5) is 0 Å². The Morgan fingerprint density at radius 3 is 2.82 bits per heavy atom. The number of aromatic nitrogens is 2. The number of furan rings is 1. The third-order valence-corrected chi connectivity index (χ3v) is 3.03. The molecule has 0 saturated heterocycles. The summed E-state index contributed by atoms with van der Waals surface area (Å²) >= 11 is 0. The molecule has 8 heteroatoms. The first-order valence-corrected chi connectivity index (χ1v) is 6.88. The average molecular weight is 308 g/mol. The first-order chi connectivity index (χ1) is 10.6. The summed E-state index contributed by atoms with van der Waals surface area (Å²) in [5, 5.41) is 7.93. The van der Waals surface area contributed by atoms with Crippen molar-refractivity contribution in [2.24, 2.45) is 0 Å². The van der Waals surface area contributed by atoms with Gasteiger partial charge in [0, 0.05) is 27.7 Å². The quantitative estimate of drug-likeness (QED) is 0.715. The number of amides is 1. The van der Waals surface area contributed by atoms with Gasteiger partial charge in [-0.3, -0.25) is 9.69 Å². The molecule has 0 bridgehead atoms. The number of rotatable bonds is 8. The van der Waals surface area contributed by atoms with Gasteiger partial charge in [-0.2, -0.15) is 0 Å². The van der Waals surface area contributed by atoms with Crippen LogP contribution in [0.2, 0.25) is 0 Å². The second kappa shape index (κ2) is 7.71. The summed E-state index contributed by atoms with van der Waals surface area (Å²) in [7, 11) is 5.06. The second-order valence-electron chi connectivity index (χ2n) is 4.97. The molecular formula is C14H20N4O4. The predicted octanol–water partition coefficient (Wildman–Crippen LogP) is 0.866. The number of ether oxygens (including phenoxy) is 1. The zero-order valence-corrected chi connectivity index (χ0v) is 13.0. The van der Waals surface area contributed by atoms with E-state index in [4.69, 9.17) is 13.6 Å². The summed E-state index contributed by atoms with van der Waals surface area (Å²) in [6.07, 6.45) is 1.54. The van der Waals surface area contributed by atoms with Crippen LogP contribution in [0.25, 0.3) is 11.7 Å². The second-order valence-corrected chi connectivity index (χ2v) is 4.97. The molecule has 2 rings (SSSR count). The number of methoxy groups -OCH3 is 1. The minimum absolute atomic E-state index is 0.00174. The van der Waals surface area contributed by atoms with Gasteiger partial charge in [-0.1, -0.05) is 0 Å². The van der Waals surface area contributed by atoms with Crippen molar-refractivity contribution >= 4 is 5.91 Å². The van der Waals surface area contributed by atoms with Crippen molar-refractivity contribution in [1.29, 1.82) is 0 Å². The Balaban J connectivity index is 2.01.